The summed E-state index contributed by atoms with van der Waals surface area (Å²) in [7, 11) is 0. The van der Waals surface area contributed by atoms with E-state index in [1.54, 1.807) is 18.7 Å². The van der Waals surface area contributed by atoms with Gasteiger partial charge in [-0.2, -0.15) is 5.10 Å². The first-order valence-electron chi connectivity index (χ1n) is 9.94. The maximum Gasteiger partial charge on any atom is 0.166 e. The van der Waals surface area contributed by atoms with Gasteiger partial charge in [0.15, 0.2) is 11.6 Å². The van der Waals surface area contributed by atoms with Crippen LogP contribution in [-0.2, 0) is 13.0 Å². The molecule has 7 nitrogen and oxygen atoms in total. The van der Waals surface area contributed by atoms with Gasteiger partial charge in [-0.3, -0.25) is 4.68 Å². The molecular formula is C23H25FN6O. The number of nitrogen functional groups attached to an aromatic ring is 1. The number of halogens is 1. The molecule has 3 aromatic rings. The minimum Gasteiger partial charge on any atom is -0.487 e. The number of aromatic nitrogens is 5. The van der Waals surface area contributed by atoms with Crippen molar-refractivity contribution in [3.05, 3.63) is 66.3 Å². The molecule has 1 unspecified atom stereocenters. The third kappa shape index (κ3) is 5.60. The van der Waals surface area contributed by atoms with Crippen molar-refractivity contribution >= 4 is 5.82 Å². The van der Waals surface area contributed by atoms with Gasteiger partial charge in [0.05, 0.1) is 24.3 Å². The number of nitrogens with one attached hydrogen (secondary N) is 1. The van der Waals surface area contributed by atoms with Gasteiger partial charge in [0.2, 0.25) is 0 Å². The topological polar surface area (TPSA) is 94.6 Å². The van der Waals surface area contributed by atoms with Crippen LogP contribution in [0.2, 0.25) is 0 Å². The zero-order chi connectivity index (χ0) is 22.2. The SMILES string of the molecule is C#C/C=C\C(F)=C/CC(C)Oc1cc(-c2c(Cc3cnc[nH]3)cnn2CC)cnc1N. The van der Waals surface area contributed by atoms with Crippen molar-refractivity contribution in [2.75, 3.05) is 5.73 Å². The van der Waals surface area contributed by atoms with Gasteiger partial charge in [-0.15, -0.1) is 6.42 Å². The molecular weight excluding hydrogens is 395 g/mol. The fraction of sp³-hybridized carbons (Fsp3) is 0.261. The van der Waals surface area contributed by atoms with E-state index in [0.717, 1.165) is 22.5 Å². The average molecular weight is 420 g/mol. The molecule has 0 bridgehead atoms. The molecule has 0 amide bonds. The third-order valence-corrected chi connectivity index (χ3v) is 4.62. The number of H-pyrrole nitrogens is 1. The molecule has 0 spiro atoms. The second kappa shape index (κ2) is 10.3. The van der Waals surface area contributed by atoms with Gasteiger partial charge in [0.1, 0.15) is 5.83 Å². The number of allylic oxidation sites excluding steroid dienone is 3. The number of imidazole rings is 1. The molecule has 0 aliphatic heterocycles. The Balaban J connectivity index is 1.84. The molecule has 160 valence electrons. The summed E-state index contributed by atoms with van der Waals surface area (Å²) in [6.07, 6.45) is 16.7. The predicted octanol–water partition coefficient (Wildman–Crippen LogP) is 4.06. The molecule has 3 heterocycles. The summed E-state index contributed by atoms with van der Waals surface area (Å²) >= 11 is 0. The number of ether oxygens (including phenoxy) is 1. The van der Waals surface area contributed by atoms with Gasteiger partial charge in [0, 0.05) is 48.6 Å². The summed E-state index contributed by atoms with van der Waals surface area (Å²) in [4.78, 5) is 11.5. The summed E-state index contributed by atoms with van der Waals surface area (Å²) in [5.41, 5.74) is 9.82. The molecule has 0 fully saturated rings. The van der Waals surface area contributed by atoms with Crippen LogP contribution in [0, 0.1) is 12.3 Å². The summed E-state index contributed by atoms with van der Waals surface area (Å²) in [6, 6.07) is 1.84. The van der Waals surface area contributed by atoms with Crippen molar-refractivity contribution < 1.29 is 9.13 Å². The highest BCUT2D eigenvalue weighted by molar-refractivity contribution is 5.67. The molecule has 1 atom stereocenters. The Kier molecular flexibility index (Phi) is 7.22. The molecule has 0 aromatic carbocycles. The number of pyridine rings is 1. The van der Waals surface area contributed by atoms with Crippen molar-refractivity contribution in [3.8, 4) is 29.4 Å². The smallest absolute Gasteiger partial charge is 0.166 e. The Bertz CT molecular complexity index is 1110. The maximum atomic E-state index is 13.7. The van der Waals surface area contributed by atoms with Crippen LogP contribution in [0.25, 0.3) is 11.3 Å². The van der Waals surface area contributed by atoms with Crippen LogP contribution in [0.4, 0.5) is 10.2 Å². The van der Waals surface area contributed by atoms with E-state index in [9.17, 15) is 4.39 Å². The highest BCUT2D eigenvalue weighted by Crippen LogP contribution is 2.31. The minimum absolute atomic E-state index is 0.268. The molecule has 3 N–H and O–H groups in total. The predicted molar refractivity (Wildman–Crippen MR) is 119 cm³/mol. The first-order valence-corrected chi connectivity index (χ1v) is 9.94. The number of hydrogen-bond donors (Lipinski definition) is 2. The Hall–Kier alpha value is -3.86. The van der Waals surface area contributed by atoms with Gasteiger partial charge in [-0.1, -0.05) is 5.92 Å². The molecule has 3 rings (SSSR count). The molecule has 0 aliphatic rings. The number of nitrogens with zero attached hydrogens (tertiary/aromatic N) is 4. The van der Waals surface area contributed by atoms with Gasteiger partial charge in [-0.25, -0.2) is 14.4 Å². The van der Waals surface area contributed by atoms with Crippen LogP contribution in [0.3, 0.4) is 0 Å². The quantitative estimate of drug-likeness (QED) is 0.402. The highest BCUT2D eigenvalue weighted by Gasteiger charge is 2.17. The number of aryl methyl sites for hydroxylation is 1. The molecule has 0 aliphatic carbocycles. The molecule has 0 radical (unpaired) electrons. The van der Waals surface area contributed by atoms with E-state index in [0.29, 0.717) is 25.1 Å². The summed E-state index contributed by atoms with van der Waals surface area (Å²) < 4.78 is 21.5. The molecule has 31 heavy (non-hydrogen) atoms. The summed E-state index contributed by atoms with van der Waals surface area (Å²) in [6.45, 7) is 4.56. The lowest BCUT2D eigenvalue weighted by molar-refractivity contribution is 0.225. The van der Waals surface area contributed by atoms with Crippen molar-refractivity contribution in [1.29, 1.82) is 0 Å². The number of hydrogen-bond acceptors (Lipinski definition) is 5. The van der Waals surface area contributed by atoms with E-state index < -0.39 is 5.83 Å². The van der Waals surface area contributed by atoms with E-state index in [4.69, 9.17) is 16.9 Å². The van der Waals surface area contributed by atoms with Gasteiger partial charge >= 0.3 is 0 Å². The monoisotopic (exact) mass is 420 g/mol. The Morgan fingerprint density at radius 2 is 2.26 bits per heavy atom. The number of anilines is 1. The van der Waals surface area contributed by atoms with Crippen LogP contribution < -0.4 is 10.5 Å². The van der Waals surface area contributed by atoms with E-state index in [2.05, 4.69) is 26.0 Å². The number of nitrogens with two attached hydrogens (primary N) is 1. The number of rotatable bonds is 9. The van der Waals surface area contributed by atoms with Gasteiger partial charge in [0.25, 0.3) is 0 Å². The first kappa shape index (κ1) is 21.8. The lowest BCUT2D eigenvalue weighted by atomic mass is 10.1. The van der Waals surface area contributed by atoms with Crippen molar-refractivity contribution in [1.82, 2.24) is 24.7 Å². The van der Waals surface area contributed by atoms with Crippen LogP contribution in [0.15, 0.2) is 55.0 Å². The normalized spacial score (nSPS) is 12.8. The Labute approximate surface area is 180 Å². The van der Waals surface area contributed by atoms with Gasteiger partial charge < -0.3 is 15.5 Å². The average Bonchev–Trinajstić information content (AvgIpc) is 3.42. The van der Waals surface area contributed by atoms with Crippen molar-refractivity contribution in [2.45, 2.75) is 39.3 Å². The van der Waals surface area contributed by atoms with Crippen molar-refractivity contribution in [3.63, 3.8) is 0 Å². The Morgan fingerprint density at radius 3 is 2.97 bits per heavy atom. The molecule has 3 aromatic heterocycles. The Morgan fingerprint density at radius 1 is 1.42 bits per heavy atom. The molecule has 8 heteroatoms. The second-order valence-corrected chi connectivity index (χ2v) is 6.95. The van der Waals surface area contributed by atoms with Crippen molar-refractivity contribution in [2.24, 2.45) is 0 Å². The number of terminal acetylenes is 1. The van der Waals surface area contributed by atoms with Crippen LogP contribution >= 0.6 is 0 Å². The fourth-order valence-corrected chi connectivity index (χ4v) is 3.13. The largest absolute Gasteiger partial charge is 0.487 e. The number of aromatic amines is 1. The van der Waals surface area contributed by atoms with Crippen LogP contribution in [0.5, 0.6) is 5.75 Å². The summed E-state index contributed by atoms with van der Waals surface area (Å²) in [5, 5.41) is 4.49. The zero-order valence-electron chi connectivity index (χ0n) is 17.5. The van der Waals surface area contributed by atoms with Crippen LogP contribution in [0.1, 0.15) is 31.5 Å². The van der Waals surface area contributed by atoms with E-state index in [1.807, 2.05) is 30.8 Å². The van der Waals surface area contributed by atoms with E-state index in [-0.39, 0.29) is 11.9 Å². The lowest BCUT2D eigenvalue weighted by Crippen LogP contribution is -2.12. The highest BCUT2D eigenvalue weighted by atomic mass is 19.1. The molecule has 0 saturated carbocycles. The molecule has 0 saturated heterocycles. The van der Waals surface area contributed by atoms with E-state index in [1.165, 1.54) is 18.2 Å². The first-order chi connectivity index (χ1) is 15.0. The minimum atomic E-state index is -0.413. The van der Waals surface area contributed by atoms with Gasteiger partial charge in [-0.05, 0) is 38.1 Å². The van der Waals surface area contributed by atoms with Crippen LogP contribution in [-0.4, -0.2) is 30.8 Å². The second-order valence-electron chi connectivity index (χ2n) is 6.95. The zero-order valence-corrected chi connectivity index (χ0v) is 17.5. The van der Waals surface area contributed by atoms with E-state index >= 15 is 0 Å². The maximum absolute atomic E-state index is 13.7. The fourth-order valence-electron chi connectivity index (χ4n) is 3.13. The standard InChI is InChI=1S/C23H25FN6O/c1-4-6-7-19(24)9-8-16(3)31-21-11-18(12-27-23(21)25)22-17(13-29-30(22)5-2)10-20-14-26-15-28-20/h1,6-7,9,11-16H,5,8,10H2,2-3H3,(H2,25,27)(H,26,28)/b7-6-,19-9+. The lowest BCUT2D eigenvalue weighted by Gasteiger charge is -2.16. The summed E-state index contributed by atoms with van der Waals surface area (Å²) in [5.74, 6) is 2.54. The third-order valence-electron chi connectivity index (χ3n) is 4.62.